The lowest BCUT2D eigenvalue weighted by atomic mass is 9.78. The van der Waals surface area contributed by atoms with Gasteiger partial charge in [0.1, 0.15) is 17.5 Å². The second kappa shape index (κ2) is 10.2. The van der Waals surface area contributed by atoms with Gasteiger partial charge in [-0.1, -0.05) is 45.0 Å². The summed E-state index contributed by atoms with van der Waals surface area (Å²) in [4.78, 5) is 28.4. The van der Waals surface area contributed by atoms with E-state index in [4.69, 9.17) is 13.9 Å². The van der Waals surface area contributed by atoms with Gasteiger partial charge in [0.25, 0.3) is 0 Å². The number of likely N-dealkylation sites (tertiary alicyclic amines) is 1. The van der Waals surface area contributed by atoms with Crippen LogP contribution in [0.1, 0.15) is 51.8 Å². The molecule has 3 atom stereocenters. The molecule has 0 spiro atoms. The number of nitrogens with zero attached hydrogens (tertiary/aromatic N) is 1. The van der Waals surface area contributed by atoms with Gasteiger partial charge < -0.3 is 18.8 Å². The van der Waals surface area contributed by atoms with Gasteiger partial charge in [0, 0.05) is 0 Å². The molecule has 0 aliphatic carbocycles. The van der Waals surface area contributed by atoms with Crippen molar-refractivity contribution in [2.24, 2.45) is 5.92 Å². The Morgan fingerprint density at radius 1 is 0.914 bits per heavy atom. The van der Waals surface area contributed by atoms with Gasteiger partial charge in [0.05, 0.1) is 32.3 Å². The predicted molar refractivity (Wildman–Crippen MR) is 140 cm³/mol. The van der Waals surface area contributed by atoms with Crippen LogP contribution in [0.4, 0.5) is 0 Å². The Morgan fingerprint density at radius 3 is 1.69 bits per heavy atom. The van der Waals surface area contributed by atoms with Gasteiger partial charge in [-0.15, -0.1) is 0 Å². The SMILES string of the molecule is COc1ccc(C(c2ccc(OC)cc2)N2C(=O)[C@H]([C@@H](C)O[Si](C)(C)C(C)(C)C)[C@H]2C(C)=O)cc1. The van der Waals surface area contributed by atoms with Gasteiger partial charge in [-0.2, -0.15) is 0 Å². The van der Waals surface area contributed by atoms with Crippen molar-refractivity contribution in [1.82, 2.24) is 4.90 Å². The van der Waals surface area contributed by atoms with Crippen LogP contribution in [0.2, 0.25) is 18.1 Å². The summed E-state index contributed by atoms with van der Waals surface area (Å²) in [5, 5.41) is 0.00812. The first-order chi connectivity index (χ1) is 16.3. The molecule has 2 aromatic carbocycles. The number of β-lactam (4-membered cyclic amide) rings is 1. The number of carbonyl (C=O) groups is 2. The topological polar surface area (TPSA) is 65.1 Å². The van der Waals surface area contributed by atoms with Crippen molar-refractivity contribution in [1.29, 1.82) is 0 Å². The van der Waals surface area contributed by atoms with Gasteiger partial charge in [0.2, 0.25) is 5.91 Å². The standard InChI is InChI=1S/C28H39NO5Si/c1-18(30)25-24(19(2)34-35(8,9)28(3,4)5)27(31)29(25)26(20-10-14-22(32-6)15-11-20)21-12-16-23(33-7)17-13-21/h10-17,19,24-26H,1-9H3/t19-,24-,25-/m1/s1. The molecule has 0 saturated carbocycles. The minimum absolute atomic E-state index is 0.00812. The van der Waals surface area contributed by atoms with Crippen molar-refractivity contribution in [2.45, 2.75) is 70.9 Å². The van der Waals surface area contributed by atoms with Crippen LogP contribution in [0, 0.1) is 5.92 Å². The molecule has 1 fully saturated rings. The third kappa shape index (κ3) is 5.31. The average Bonchev–Trinajstić information content (AvgIpc) is 2.79. The second-order valence-corrected chi connectivity index (χ2v) is 15.6. The highest BCUT2D eigenvalue weighted by atomic mass is 28.4. The largest absolute Gasteiger partial charge is 0.497 e. The number of ketones is 1. The fourth-order valence-electron chi connectivity index (χ4n) is 4.53. The van der Waals surface area contributed by atoms with Gasteiger partial charge in [-0.3, -0.25) is 9.59 Å². The Morgan fingerprint density at radius 2 is 1.34 bits per heavy atom. The summed E-state index contributed by atoms with van der Waals surface area (Å²) >= 11 is 0. The van der Waals surface area contributed by atoms with Gasteiger partial charge in [-0.05, 0) is 67.4 Å². The van der Waals surface area contributed by atoms with Gasteiger partial charge in [0.15, 0.2) is 14.1 Å². The number of Topliss-reactive ketones (excluding diaryl/α,β-unsaturated/α-hetero) is 1. The van der Waals surface area contributed by atoms with Crippen LogP contribution in [0.25, 0.3) is 0 Å². The van der Waals surface area contributed by atoms with Crippen LogP contribution in [-0.4, -0.2) is 51.3 Å². The van der Waals surface area contributed by atoms with E-state index >= 15 is 0 Å². The molecule has 1 saturated heterocycles. The average molecular weight is 498 g/mol. The van der Waals surface area contributed by atoms with E-state index in [0.717, 1.165) is 22.6 Å². The van der Waals surface area contributed by atoms with Crippen LogP contribution in [-0.2, 0) is 14.0 Å². The number of ether oxygens (including phenoxy) is 2. The van der Waals surface area contributed by atoms with Gasteiger partial charge in [-0.25, -0.2) is 0 Å². The third-order valence-corrected chi connectivity index (χ3v) is 12.1. The van der Waals surface area contributed by atoms with Crippen LogP contribution < -0.4 is 9.47 Å². The molecule has 0 unspecified atom stereocenters. The normalized spacial score (nSPS) is 19.4. The number of amides is 1. The zero-order valence-electron chi connectivity index (χ0n) is 22.4. The molecule has 0 N–H and O–H groups in total. The van der Waals surface area contributed by atoms with Crippen LogP contribution >= 0.6 is 0 Å². The molecule has 190 valence electrons. The Hall–Kier alpha value is -2.64. The van der Waals surface area contributed by atoms with Crippen molar-refractivity contribution in [3.63, 3.8) is 0 Å². The predicted octanol–water partition coefficient (Wildman–Crippen LogP) is 5.62. The maximum absolute atomic E-state index is 13.7. The Kier molecular flexibility index (Phi) is 7.82. The van der Waals surface area contributed by atoms with E-state index < -0.39 is 26.3 Å². The molecule has 1 aliphatic heterocycles. The van der Waals surface area contributed by atoms with Crippen LogP contribution in [0.15, 0.2) is 48.5 Å². The number of methoxy groups -OCH3 is 2. The number of hydrogen-bond acceptors (Lipinski definition) is 5. The first kappa shape index (κ1) is 27.0. The first-order valence-corrected chi connectivity index (χ1v) is 15.0. The zero-order chi connectivity index (χ0) is 26.1. The van der Waals surface area contributed by atoms with E-state index in [2.05, 4.69) is 33.9 Å². The molecule has 2 aromatic rings. The molecular formula is C28H39NO5Si. The fourth-order valence-corrected chi connectivity index (χ4v) is 5.96. The zero-order valence-corrected chi connectivity index (χ0v) is 23.4. The maximum Gasteiger partial charge on any atom is 0.232 e. The van der Waals surface area contributed by atoms with E-state index in [-0.39, 0.29) is 22.8 Å². The lowest BCUT2D eigenvalue weighted by Crippen LogP contribution is -2.68. The van der Waals surface area contributed by atoms with E-state index in [0.29, 0.717) is 0 Å². The minimum atomic E-state index is -2.12. The molecule has 0 radical (unpaired) electrons. The van der Waals surface area contributed by atoms with Crippen molar-refractivity contribution < 1.29 is 23.5 Å². The minimum Gasteiger partial charge on any atom is -0.497 e. The lowest BCUT2D eigenvalue weighted by molar-refractivity contribution is -0.171. The van der Waals surface area contributed by atoms with E-state index in [9.17, 15) is 9.59 Å². The third-order valence-electron chi connectivity index (χ3n) is 7.53. The summed E-state index contributed by atoms with van der Waals surface area (Å²) < 4.78 is 17.2. The summed E-state index contributed by atoms with van der Waals surface area (Å²) in [6.07, 6.45) is -0.346. The fraction of sp³-hybridized carbons (Fsp3) is 0.500. The summed E-state index contributed by atoms with van der Waals surface area (Å²) in [6.45, 7) is 14.4. The maximum atomic E-state index is 13.7. The molecule has 1 amide bonds. The summed E-state index contributed by atoms with van der Waals surface area (Å²) in [6, 6.07) is 14.3. The highest BCUT2D eigenvalue weighted by Crippen LogP contribution is 2.45. The summed E-state index contributed by atoms with van der Waals surface area (Å²) in [5.74, 6) is 0.866. The van der Waals surface area contributed by atoms with E-state index in [1.54, 1.807) is 26.0 Å². The number of rotatable bonds is 9. The molecular weight excluding hydrogens is 458 g/mol. The number of benzene rings is 2. The molecule has 35 heavy (non-hydrogen) atoms. The molecule has 1 heterocycles. The Balaban J connectivity index is 2.00. The van der Waals surface area contributed by atoms with Crippen LogP contribution in [0.5, 0.6) is 11.5 Å². The van der Waals surface area contributed by atoms with E-state index in [1.807, 2.05) is 55.5 Å². The molecule has 7 heteroatoms. The molecule has 6 nitrogen and oxygen atoms in total. The number of hydrogen-bond donors (Lipinski definition) is 0. The van der Waals surface area contributed by atoms with Crippen molar-refractivity contribution in [3.8, 4) is 11.5 Å². The molecule has 1 aliphatic rings. The molecule has 0 aromatic heterocycles. The number of carbonyl (C=O) groups excluding carboxylic acids is 2. The second-order valence-electron chi connectivity index (χ2n) is 10.9. The molecule has 3 rings (SSSR count). The Labute approximate surface area is 210 Å². The van der Waals surface area contributed by atoms with E-state index in [1.165, 1.54) is 0 Å². The quantitative estimate of drug-likeness (QED) is 0.332. The highest BCUT2D eigenvalue weighted by Gasteiger charge is 2.56. The summed E-state index contributed by atoms with van der Waals surface area (Å²) in [5.41, 5.74) is 1.82. The first-order valence-electron chi connectivity index (χ1n) is 12.1. The highest BCUT2D eigenvalue weighted by molar-refractivity contribution is 6.74. The summed E-state index contributed by atoms with van der Waals surface area (Å²) in [7, 11) is 1.13. The lowest BCUT2D eigenvalue weighted by Gasteiger charge is -2.53. The van der Waals surface area contributed by atoms with Crippen molar-refractivity contribution in [3.05, 3.63) is 59.7 Å². The monoisotopic (exact) mass is 497 g/mol. The Bertz CT molecular complexity index is 995. The van der Waals surface area contributed by atoms with Gasteiger partial charge >= 0.3 is 0 Å². The smallest absolute Gasteiger partial charge is 0.232 e. The molecule has 0 bridgehead atoms. The van der Waals surface area contributed by atoms with Crippen molar-refractivity contribution >= 4 is 20.0 Å². The van der Waals surface area contributed by atoms with Crippen molar-refractivity contribution in [2.75, 3.05) is 14.2 Å². The van der Waals surface area contributed by atoms with Crippen LogP contribution in [0.3, 0.4) is 0 Å².